The number of para-hydroxylation sites is 2. The molecule has 3 aromatic carbocycles. The number of anilines is 5. The molecule has 0 N–H and O–H groups in total. The number of pyridine rings is 2. The first-order chi connectivity index (χ1) is 20.0. The molecule has 0 amide bonds. The van der Waals surface area contributed by atoms with Gasteiger partial charge in [0.2, 0.25) is 0 Å². The van der Waals surface area contributed by atoms with Gasteiger partial charge in [-0.05, 0) is 53.6 Å². The molecule has 6 aromatic rings. The van der Waals surface area contributed by atoms with Crippen molar-refractivity contribution in [2.24, 2.45) is 0 Å². The fourth-order valence-electron chi connectivity index (χ4n) is 4.84. The zero-order valence-corrected chi connectivity index (χ0v) is 25.2. The van der Waals surface area contributed by atoms with Crippen LogP contribution in [0, 0.1) is 12.1 Å². The van der Waals surface area contributed by atoms with Crippen molar-refractivity contribution in [2.45, 2.75) is 19.3 Å². The van der Waals surface area contributed by atoms with Crippen LogP contribution in [0.25, 0.3) is 5.69 Å². The molecule has 42 heavy (non-hydrogen) atoms. The number of aromatic nitrogens is 4. The van der Waals surface area contributed by atoms with Gasteiger partial charge in [-0.2, -0.15) is 16.7 Å². The number of benzene rings is 3. The first kappa shape index (κ1) is 28.9. The van der Waals surface area contributed by atoms with Crippen molar-refractivity contribution in [3.8, 4) is 5.69 Å². The van der Waals surface area contributed by atoms with E-state index in [1.54, 1.807) is 17.1 Å². The molecule has 0 spiro atoms. The molecular formula is C35H30N6Pd. The molecule has 3 aromatic heterocycles. The molecule has 0 aliphatic carbocycles. The zero-order valence-electron chi connectivity index (χ0n) is 23.6. The second kappa shape index (κ2) is 12.5. The second-order valence-corrected chi connectivity index (χ2v) is 10.3. The maximum atomic E-state index is 4.60. The van der Waals surface area contributed by atoms with Crippen molar-refractivity contribution in [2.75, 3.05) is 16.8 Å². The van der Waals surface area contributed by atoms with Crippen molar-refractivity contribution in [1.29, 1.82) is 0 Å². The van der Waals surface area contributed by atoms with Gasteiger partial charge >= 0.3 is 20.4 Å². The Hall–Kier alpha value is -4.57. The Balaban J connectivity index is 0.00000353. The predicted molar refractivity (Wildman–Crippen MR) is 165 cm³/mol. The summed E-state index contributed by atoms with van der Waals surface area (Å²) >= 11 is 0. The Labute approximate surface area is 261 Å². The Morgan fingerprint density at radius 2 is 1.40 bits per heavy atom. The summed E-state index contributed by atoms with van der Waals surface area (Å²) in [5, 5.41) is 4.38. The fraction of sp³-hybridized carbons (Fsp3) is 0.114. The van der Waals surface area contributed by atoms with E-state index in [-0.39, 0.29) is 20.4 Å². The predicted octanol–water partition coefficient (Wildman–Crippen LogP) is 7.82. The molecule has 7 heteroatoms. The molecule has 0 saturated carbocycles. The van der Waals surface area contributed by atoms with Crippen LogP contribution in [-0.2, 0) is 25.8 Å². The number of nitrogens with zero attached hydrogens (tertiary/aromatic N) is 6. The van der Waals surface area contributed by atoms with Crippen molar-refractivity contribution < 1.29 is 20.4 Å². The van der Waals surface area contributed by atoms with E-state index in [1.165, 1.54) is 0 Å². The summed E-state index contributed by atoms with van der Waals surface area (Å²) in [4.78, 5) is 13.5. The quantitative estimate of drug-likeness (QED) is 0.125. The van der Waals surface area contributed by atoms with Crippen molar-refractivity contribution in [1.82, 2.24) is 19.7 Å². The summed E-state index contributed by atoms with van der Waals surface area (Å²) in [6, 6.07) is 40.3. The summed E-state index contributed by atoms with van der Waals surface area (Å²) in [6.45, 7) is 4.37. The van der Waals surface area contributed by atoms with Gasteiger partial charge in [0.15, 0.2) is 0 Å². The summed E-state index contributed by atoms with van der Waals surface area (Å²) in [5.41, 5.74) is 6.29. The molecule has 3 heterocycles. The standard InChI is InChI=1S/C35H30N6.Pd/c1-35(2,28-23-33(26-36-25-28)40-20-12-19-38-40)27-21-31(39(3)34-17-10-11-18-37-34)24-32(22-27)41(29-13-6-4-7-14-29)30-15-8-5-9-16-30;/h4-20,22,24-26H,1-3H3;/q-2;+2. The van der Waals surface area contributed by atoms with Gasteiger partial charge < -0.3 is 14.8 Å². The Bertz CT molecular complexity index is 1680. The van der Waals surface area contributed by atoms with E-state index in [0.29, 0.717) is 0 Å². The molecule has 0 aliphatic rings. The van der Waals surface area contributed by atoms with Crippen LogP contribution in [-0.4, -0.2) is 26.8 Å². The number of hydrogen-bond donors (Lipinski definition) is 0. The molecule has 210 valence electrons. The summed E-state index contributed by atoms with van der Waals surface area (Å²) in [6.07, 6.45) is 9.11. The normalized spacial score (nSPS) is 11.0. The summed E-state index contributed by atoms with van der Waals surface area (Å²) in [5.74, 6) is 0.838. The molecule has 6 nitrogen and oxygen atoms in total. The van der Waals surface area contributed by atoms with E-state index in [9.17, 15) is 0 Å². The van der Waals surface area contributed by atoms with Crippen LogP contribution < -0.4 is 9.80 Å². The molecule has 6 rings (SSSR count). The van der Waals surface area contributed by atoms with E-state index in [0.717, 1.165) is 45.4 Å². The van der Waals surface area contributed by atoms with E-state index in [4.69, 9.17) is 0 Å². The average Bonchev–Trinajstić information content (AvgIpc) is 3.58. The monoisotopic (exact) mass is 640 g/mol. The van der Waals surface area contributed by atoms with Gasteiger partial charge in [0.05, 0.1) is 0 Å². The van der Waals surface area contributed by atoms with Crippen LogP contribution in [0.1, 0.15) is 25.0 Å². The fourth-order valence-corrected chi connectivity index (χ4v) is 4.84. The first-order valence-electron chi connectivity index (χ1n) is 13.5. The van der Waals surface area contributed by atoms with Gasteiger partial charge in [-0.3, -0.25) is 4.68 Å². The molecule has 0 unspecified atom stereocenters. The van der Waals surface area contributed by atoms with Crippen LogP contribution >= 0.6 is 0 Å². The van der Waals surface area contributed by atoms with Crippen LogP contribution in [0.3, 0.4) is 0 Å². The second-order valence-electron chi connectivity index (χ2n) is 10.3. The van der Waals surface area contributed by atoms with E-state index < -0.39 is 5.41 Å². The molecule has 0 radical (unpaired) electrons. The van der Waals surface area contributed by atoms with Crippen LogP contribution in [0.4, 0.5) is 28.6 Å². The minimum atomic E-state index is -0.481. The smallest absolute Gasteiger partial charge is 0.389 e. The third-order valence-corrected chi connectivity index (χ3v) is 7.24. The van der Waals surface area contributed by atoms with Gasteiger partial charge in [-0.15, -0.1) is 23.8 Å². The zero-order chi connectivity index (χ0) is 28.2. The van der Waals surface area contributed by atoms with Gasteiger partial charge in [-0.1, -0.05) is 80.1 Å². The van der Waals surface area contributed by atoms with Gasteiger partial charge in [-0.25, -0.2) is 4.98 Å². The SMILES string of the molecule is CN(c1[c-]c(C(C)(C)c2[c-]c(-n3cccn3)cnc2)cc(N(c2ccccc2)c2ccccc2)c1)c1ccccn1.[Pd+2]. The average molecular weight is 641 g/mol. The van der Waals surface area contributed by atoms with Crippen LogP contribution in [0.2, 0.25) is 0 Å². The third kappa shape index (κ3) is 5.89. The van der Waals surface area contributed by atoms with Gasteiger partial charge in [0.25, 0.3) is 0 Å². The van der Waals surface area contributed by atoms with Crippen LogP contribution in [0.15, 0.2) is 128 Å². The van der Waals surface area contributed by atoms with E-state index in [1.807, 2.05) is 62.0 Å². The van der Waals surface area contributed by atoms with E-state index >= 15 is 0 Å². The molecule has 0 atom stereocenters. The van der Waals surface area contributed by atoms with Crippen LogP contribution in [0.5, 0.6) is 0 Å². The Morgan fingerprint density at radius 3 is 2.02 bits per heavy atom. The molecular weight excluding hydrogens is 611 g/mol. The van der Waals surface area contributed by atoms with Gasteiger partial charge in [0, 0.05) is 37.0 Å². The molecule has 0 saturated heterocycles. The molecule has 0 bridgehead atoms. The maximum Gasteiger partial charge on any atom is 2.00 e. The topological polar surface area (TPSA) is 50.1 Å². The Morgan fingerprint density at radius 1 is 0.714 bits per heavy atom. The molecule has 0 aliphatic heterocycles. The minimum absolute atomic E-state index is 0. The third-order valence-electron chi connectivity index (χ3n) is 7.24. The van der Waals surface area contributed by atoms with E-state index in [2.05, 4.69) is 112 Å². The van der Waals surface area contributed by atoms with Crippen molar-refractivity contribution >= 4 is 28.6 Å². The first-order valence-corrected chi connectivity index (χ1v) is 13.5. The Kier molecular flexibility index (Phi) is 8.63. The summed E-state index contributed by atoms with van der Waals surface area (Å²) < 4.78 is 1.78. The summed E-state index contributed by atoms with van der Waals surface area (Å²) in [7, 11) is 2.02. The minimum Gasteiger partial charge on any atom is -0.389 e. The maximum absolute atomic E-state index is 4.60. The van der Waals surface area contributed by atoms with Crippen molar-refractivity contribution in [3.05, 3.63) is 151 Å². The van der Waals surface area contributed by atoms with Gasteiger partial charge in [0.1, 0.15) is 5.82 Å². The largest absolute Gasteiger partial charge is 2.00 e. The molecule has 0 fully saturated rings. The van der Waals surface area contributed by atoms with Crippen molar-refractivity contribution in [3.63, 3.8) is 0 Å². The number of rotatable bonds is 8. The number of hydrogen-bond acceptors (Lipinski definition) is 5.